The van der Waals surface area contributed by atoms with Gasteiger partial charge in [0.25, 0.3) is 0 Å². The van der Waals surface area contributed by atoms with E-state index in [9.17, 15) is 9.50 Å². The SMILES string of the molecule is Cc1cc(C)c(C(O)c2cc3c(s2)CCC3)c(F)c1. The van der Waals surface area contributed by atoms with Gasteiger partial charge in [-0.2, -0.15) is 0 Å². The number of aliphatic hydroxyl groups excluding tert-OH is 1. The molecule has 1 aliphatic rings. The Labute approximate surface area is 116 Å². The number of fused-ring (bicyclic) bond motifs is 1. The van der Waals surface area contributed by atoms with Gasteiger partial charge in [-0.15, -0.1) is 11.3 Å². The molecule has 0 saturated heterocycles. The first kappa shape index (κ1) is 12.8. The minimum absolute atomic E-state index is 0.307. The van der Waals surface area contributed by atoms with E-state index in [0.717, 1.165) is 28.8 Å². The molecular weight excluding hydrogens is 259 g/mol. The third kappa shape index (κ3) is 2.21. The standard InChI is InChI=1S/C16H17FOS/c1-9-6-10(2)15(12(17)7-9)16(18)14-8-11-4-3-5-13(11)19-14/h6-8,16,18H,3-5H2,1-2H3. The molecule has 0 bridgehead atoms. The number of aliphatic hydroxyl groups is 1. The number of aryl methyl sites for hydroxylation is 4. The number of benzene rings is 1. The molecule has 0 radical (unpaired) electrons. The molecule has 1 N–H and O–H groups in total. The van der Waals surface area contributed by atoms with Crippen molar-refractivity contribution in [3.63, 3.8) is 0 Å². The highest BCUT2D eigenvalue weighted by molar-refractivity contribution is 7.12. The van der Waals surface area contributed by atoms with Crippen LogP contribution in [0.5, 0.6) is 0 Å². The van der Waals surface area contributed by atoms with E-state index in [-0.39, 0.29) is 5.82 Å². The van der Waals surface area contributed by atoms with Crippen LogP contribution in [-0.4, -0.2) is 5.11 Å². The lowest BCUT2D eigenvalue weighted by atomic mass is 9.99. The minimum Gasteiger partial charge on any atom is -0.383 e. The number of hydrogen-bond acceptors (Lipinski definition) is 2. The van der Waals surface area contributed by atoms with Gasteiger partial charge in [0, 0.05) is 15.3 Å². The summed E-state index contributed by atoms with van der Waals surface area (Å²) >= 11 is 1.63. The van der Waals surface area contributed by atoms with Crippen molar-refractivity contribution in [3.05, 3.63) is 56.0 Å². The van der Waals surface area contributed by atoms with Gasteiger partial charge in [-0.1, -0.05) is 6.07 Å². The van der Waals surface area contributed by atoms with Crippen LogP contribution in [-0.2, 0) is 12.8 Å². The molecule has 1 atom stereocenters. The first-order valence-electron chi connectivity index (χ1n) is 6.62. The summed E-state index contributed by atoms with van der Waals surface area (Å²) in [5, 5.41) is 10.5. The van der Waals surface area contributed by atoms with Crippen molar-refractivity contribution in [1.82, 2.24) is 0 Å². The molecule has 0 saturated carbocycles. The largest absolute Gasteiger partial charge is 0.383 e. The van der Waals surface area contributed by atoms with Crippen molar-refractivity contribution in [2.75, 3.05) is 0 Å². The molecule has 3 rings (SSSR count). The summed E-state index contributed by atoms with van der Waals surface area (Å²) in [5.74, 6) is -0.307. The monoisotopic (exact) mass is 276 g/mol. The van der Waals surface area contributed by atoms with Crippen LogP contribution in [0.2, 0.25) is 0 Å². The van der Waals surface area contributed by atoms with E-state index in [2.05, 4.69) is 6.07 Å². The Morgan fingerprint density at radius 2 is 2.00 bits per heavy atom. The lowest BCUT2D eigenvalue weighted by molar-refractivity contribution is 0.218. The lowest BCUT2D eigenvalue weighted by Crippen LogP contribution is -2.04. The molecule has 0 amide bonds. The molecule has 1 aliphatic carbocycles. The highest BCUT2D eigenvalue weighted by Gasteiger charge is 2.23. The Hall–Kier alpha value is -1.19. The highest BCUT2D eigenvalue weighted by atomic mass is 32.1. The fraction of sp³-hybridized carbons (Fsp3) is 0.375. The number of rotatable bonds is 2. The summed E-state index contributed by atoms with van der Waals surface area (Å²) < 4.78 is 14.1. The number of hydrogen-bond donors (Lipinski definition) is 1. The van der Waals surface area contributed by atoms with Gasteiger partial charge in [0.1, 0.15) is 11.9 Å². The summed E-state index contributed by atoms with van der Waals surface area (Å²) in [6.45, 7) is 3.72. The second kappa shape index (κ2) is 4.73. The molecule has 0 aliphatic heterocycles. The summed E-state index contributed by atoms with van der Waals surface area (Å²) in [5.41, 5.74) is 3.47. The summed E-state index contributed by atoms with van der Waals surface area (Å²) in [6.07, 6.45) is 2.56. The van der Waals surface area contributed by atoms with Gasteiger partial charge < -0.3 is 5.11 Å². The highest BCUT2D eigenvalue weighted by Crippen LogP contribution is 2.37. The van der Waals surface area contributed by atoms with Crippen LogP contribution >= 0.6 is 11.3 Å². The average Bonchev–Trinajstić information content (AvgIpc) is 2.86. The van der Waals surface area contributed by atoms with Crippen molar-refractivity contribution in [3.8, 4) is 0 Å². The van der Waals surface area contributed by atoms with Gasteiger partial charge in [0.2, 0.25) is 0 Å². The van der Waals surface area contributed by atoms with Gasteiger partial charge in [-0.3, -0.25) is 0 Å². The Morgan fingerprint density at radius 3 is 2.68 bits per heavy atom. The molecule has 0 fully saturated rings. The third-order valence-corrected chi connectivity index (χ3v) is 5.08. The Morgan fingerprint density at radius 1 is 1.21 bits per heavy atom. The topological polar surface area (TPSA) is 20.2 Å². The molecule has 3 heteroatoms. The van der Waals surface area contributed by atoms with Crippen molar-refractivity contribution in [2.45, 2.75) is 39.2 Å². The number of thiophene rings is 1. The van der Waals surface area contributed by atoms with Gasteiger partial charge in [0.05, 0.1) is 0 Å². The van der Waals surface area contributed by atoms with Gasteiger partial charge in [0.15, 0.2) is 0 Å². The van der Waals surface area contributed by atoms with Crippen LogP contribution in [0, 0.1) is 19.7 Å². The first-order chi connectivity index (χ1) is 9.06. The molecular formula is C16H17FOS. The first-order valence-corrected chi connectivity index (χ1v) is 7.44. The van der Waals surface area contributed by atoms with Crippen LogP contribution in [0.1, 0.15) is 44.5 Å². The molecule has 0 spiro atoms. The molecule has 1 heterocycles. The molecule has 1 aromatic carbocycles. The van der Waals surface area contributed by atoms with Crippen LogP contribution in [0.15, 0.2) is 18.2 Å². The number of halogens is 1. The lowest BCUT2D eigenvalue weighted by Gasteiger charge is -2.14. The zero-order valence-corrected chi connectivity index (χ0v) is 12.0. The molecule has 19 heavy (non-hydrogen) atoms. The van der Waals surface area contributed by atoms with Crippen LogP contribution in [0.3, 0.4) is 0 Å². The fourth-order valence-electron chi connectivity index (χ4n) is 2.90. The fourth-order valence-corrected chi connectivity index (χ4v) is 4.16. The van der Waals surface area contributed by atoms with E-state index >= 15 is 0 Å². The molecule has 100 valence electrons. The molecule has 1 nitrogen and oxygen atoms in total. The van der Waals surface area contributed by atoms with Crippen molar-refractivity contribution in [2.24, 2.45) is 0 Å². The van der Waals surface area contributed by atoms with Gasteiger partial charge in [-0.25, -0.2) is 4.39 Å². The third-order valence-electron chi connectivity index (χ3n) is 3.79. The van der Waals surface area contributed by atoms with Gasteiger partial charge >= 0.3 is 0 Å². The van der Waals surface area contributed by atoms with E-state index in [0.29, 0.717) is 5.56 Å². The second-order valence-corrected chi connectivity index (χ2v) is 6.50. The zero-order chi connectivity index (χ0) is 13.6. The maximum absolute atomic E-state index is 14.1. The van der Waals surface area contributed by atoms with Crippen molar-refractivity contribution < 1.29 is 9.50 Å². The zero-order valence-electron chi connectivity index (χ0n) is 11.2. The molecule has 1 aromatic heterocycles. The average molecular weight is 276 g/mol. The predicted molar refractivity (Wildman–Crippen MR) is 76.3 cm³/mol. The summed E-state index contributed by atoms with van der Waals surface area (Å²) in [4.78, 5) is 2.23. The maximum Gasteiger partial charge on any atom is 0.129 e. The van der Waals surface area contributed by atoms with Crippen LogP contribution in [0.25, 0.3) is 0 Å². The smallest absolute Gasteiger partial charge is 0.129 e. The van der Waals surface area contributed by atoms with Crippen LogP contribution < -0.4 is 0 Å². The van der Waals surface area contributed by atoms with Crippen LogP contribution in [0.4, 0.5) is 4.39 Å². The molecule has 2 aromatic rings. The molecule has 1 unspecified atom stereocenters. The van der Waals surface area contributed by atoms with E-state index in [1.54, 1.807) is 11.3 Å². The second-order valence-electron chi connectivity index (χ2n) is 5.33. The summed E-state index contributed by atoms with van der Waals surface area (Å²) in [6, 6.07) is 5.46. The quantitative estimate of drug-likeness (QED) is 0.876. The minimum atomic E-state index is -0.837. The van der Waals surface area contributed by atoms with E-state index in [1.165, 1.54) is 22.9 Å². The normalized spacial score (nSPS) is 15.6. The summed E-state index contributed by atoms with van der Waals surface area (Å²) in [7, 11) is 0. The van der Waals surface area contributed by atoms with E-state index in [1.807, 2.05) is 19.9 Å². The van der Waals surface area contributed by atoms with E-state index < -0.39 is 6.10 Å². The predicted octanol–water partition coefficient (Wildman–Crippen LogP) is 4.07. The maximum atomic E-state index is 14.1. The van der Waals surface area contributed by atoms with Crippen molar-refractivity contribution in [1.29, 1.82) is 0 Å². The Balaban J connectivity index is 2.01. The van der Waals surface area contributed by atoms with Crippen molar-refractivity contribution >= 4 is 11.3 Å². The van der Waals surface area contributed by atoms with Gasteiger partial charge in [-0.05, 0) is 61.9 Å². The Bertz CT molecular complexity index is 585. The Kier molecular flexibility index (Phi) is 3.19. The van der Waals surface area contributed by atoms with E-state index in [4.69, 9.17) is 0 Å².